The first-order chi connectivity index (χ1) is 17.6. The summed E-state index contributed by atoms with van der Waals surface area (Å²) in [4.78, 5) is 36.8. The zero-order valence-corrected chi connectivity index (χ0v) is 21.8. The summed E-state index contributed by atoms with van der Waals surface area (Å²) in [6, 6.07) is 10.1. The number of benzene rings is 1. The van der Waals surface area contributed by atoms with Crippen molar-refractivity contribution in [3.8, 4) is 0 Å². The van der Waals surface area contributed by atoms with E-state index in [2.05, 4.69) is 21.4 Å². The fourth-order valence-electron chi connectivity index (χ4n) is 5.09. The minimum Gasteiger partial charge on any atom is -0.334 e. The highest BCUT2D eigenvalue weighted by molar-refractivity contribution is 6.31. The summed E-state index contributed by atoms with van der Waals surface area (Å²) >= 11 is 6.23. The summed E-state index contributed by atoms with van der Waals surface area (Å²) in [5, 5.41) is 3.21. The maximum Gasteiger partial charge on any atom is 0.237 e. The van der Waals surface area contributed by atoms with Gasteiger partial charge in [-0.15, -0.1) is 0 Å². The van der Waals surface area contributed by atoms with Crippen molar-refractivity contribution in [1.82, 2.24) is 14.9 Å². The lowest BCUT2D eigenvalue weighted by Crippen LogP contribution is -2.39. The molecule has 0 saturated heterocycles. The predicted octanol–water partition coefficient (Wildman–Crippen LogP) is 5.35. The maximum atomic E-state index is 13.5. The monoisotopic (exact) mass is 518 g/mol. The van der Waals surface area contributed by atoms with Gasteiger partial charge in [-0.3, -0.25) is 14.6 Å². The molecule has 3 heterocycles. The number of pyridine rings is 2. The first-order valence-corrected chi connectivity index (χ1v) is 12.6. The molecule has 1 spiro atoms. The average molecular weight is 519 g/mol. The van der Waals surface area contributed by atoms with Gasteiger partial charge in [0.05, 0.1) is 5.41 Å². The number of anilines is 1. The number of hydrogen-bond acceptors (Lipinski definition) is 4. The summed E-state index contributed by atoms with van der Waals surface area (Å²) in [6.07, 6.45) is 8.42. The second-order valence-corrected chi connectivity index (χ2v) is 11.1. The van der Waals surface area contributed by atoms with Gasteiger partial charge >= 0.3 is 0 Å². The van der Waals surface area contributed by atoms with E-state index in [9.17, 15) is 14.0 Å². The Bertz CT molecular complexity index is 1430. The van der Waals surface area contributed by atoms with E-state index in [4.69, 9.17) is 11.6 Å². The first-order valence-electron chi connectivity index (χ1n) is 12.2. The summed E-state index contributed by atoms with van der Waals surface area (Å²) in [6.45, 7) is 6.22. The third-order valence-corrected chi connectivity index (χ3v) is 7.33. The minimum absolute atomic E-state index is 0.0351. The fraction of sp³-hybridized carbons (Fsp3) is 0.310. The Balaban J connectivity index is 1.34. The molecule has 0 saturated carbocycles. The molecule has 1 aliphatic heterocycles. The van der Waals surface area contributed by atoms with Crippen LogP contribution in [-0.2, 0) is 34.4 Å². The van der Waals surface area contributed by atoms with Crippen LogP contribution in [0.15, 0.2) is 54.9 Å². The van der Waals surface area contributed by atoms with Crippen LogP contribution in [0.3, 0.4) is 0 Å². The number of aromatic nitrogens is 2. The quantitative estimate of drug-likeness (QED) is 0.494. The fourth-order valence-corrected chi connectivity index (χ4v) is 5.32. The highest BCUT2D eigenvalue weighted by Crippen LogP contribution is 2.46. The SMILES string of the molecule is CC(C)(C)C(=O)N(C/C=C/c1cnc2c(c1)C[C@@]1(C2)C(=O)Nc2ncccc21)Cc1ccc(F)cc1Cl. The molecule has 0 fully saturated rings. The molecule has 37 heavy (non-hydrogen) atoms. The molecular weight excluding hydrogens is 491 g/mol. The molecule has 1 N–H and O–H groups in total. The summed E-state index contributed by atoms with van der Waals surface area (Å²) in [5.74, 6) is 0.145. The van der Waals surface area contributed by atoms with Crippen LogP contribution in [0, 0.1) is 11.2 Å². The molecule has 190 valence electrons. The van der Waals surface area contributed by atoms with Crippen LogP contribution in [0.1, 0.15) is 48.7 Å². The topological polar surface area (TPSA) is 75.2 Å². The van der Waals surface area contributed by atoms with E-state index < -0.39 is 16.6 Å². The van der Waals surface area contributed by atoms with Gasteiger partial charge in [0.1, 0.15) is 11.6 Å². The Kier molecular flexibility index (Phi) is 6.36. The van der Waals surface area contributed by atoms with Gasteiger partial charge in [0.25, 0.3) is 0 Å². The summed E-state index contributed by atoms with van der Waals surface area (Å²) in [5.41, 5.74) is 3.20. The van der Waals surface area contributed by atoms with Crippen molar-refractivity contribution in [2.75, 3.05) is 11.9 Å². The molecule has 0 bridgehead atoms. The van der Waals surface area contributed by atoms with Crippen LogP contribution in [0.2, 0.25) is 5.02 Å². The van der Waals surface area contributed by atoms with E-state index in [0.29, 0.717) is 35.8 Å². The molecule has 0 radical (unpaired) electrons. The summed E-state index contributed by atoms with van der Waals surface area (Å²) in [7, 11) is 0. The smallest absolute Gasteiger partial charge is 0.237 e. The van der Waals surface area contributed by atoms with E-state index in [-0.39, 0.29) is 18.4 Å². The van der Waals surface area contributed by atoms with Crippen LogP contribution < -0.4 is 5.32 Å². The van der Waals surface area contributed by atoms with Crippen molar-refractivity contribution in [1.29, 1.82) is 0 Å². The van der Waals surface area contributed by atoms with Gasteiger partial charge in [-0.1, -0.05) is 56.7 Å². The lowest BCUT2D eigenvalue weighted by Gasteiger charge is -2.29. The molecule has 1 atom stereocenters. The predicted molar refractivity (Wildman–Crippen MR) is 142 cm³/mol. The van der Waals surface area contributed by atoms with E-state index >= 15 is 0 Å². The number of carbonyl (C=O) groups excluding carboxylic acids is 2. The van der Waals surface area contributed by atoms with Crippen molar-refractivity contribution < 1.29 is 14.0 Å². The normalized spacial score (nSPS) is 18.2. The Morgan fingerprint density at radius 1 is 1.22 bits per heavy atom. The van der Waals surface area contributed by atoms with E-state index in [1.54, 1.807) is 23.4 Å². The molecular formula is C29H28ClFN4O2. The lowest BCUT2D eigenvalue weighted by molar-refractivity contribution is -0.139. The highest BCUT2D eigenvalue weighted by atomic mass is 35.5. The van der Waals surface area contributed by atoms with Crippen LogP contribution in [0.25, 0.3) is 6.08 Å². The number of nitrogens with one attached hydrogen (secondary N) is 1. The van der Waals surface area contributed by atoms with Crippen molar-refractivity contribution in [3.63, 3.8) is 0 Å². The van der Waals surface area contributed by atoms with Gasteiger partial charge in [0, 0.05) is 53.6 Å². The first kappa shape index (κ1) is 25.1. The number of hydrogen-bond donors (Lipinski definition) is 1. The second kappa shape index (κ2) is 9.38. The molecule has 1 aromatic carbocycles. The number of fused-ring (bicyclic) bond motifs is 3. The molecule has 6 nitrogen and oxygen atoms in total. The van der Waals surface area contributed by atoms with Crippen molar-refractivity contribution in [2.45, 2.75) is 45.6 Å². The molecule has 2 amide bonds. The van der Waals surface area contributed by atoms with Gasteiger partial charge < -0.3 is 10.2 Å². The van der Waals surface area contributed by atoms with Crippen LogP contribution in [0.4, 0.5) is 10.2 Å². The third kappa shape index (κ3) is 4.76. The maximum absolute atomic E-state index is 13.5. The number of carbonyl (C=O) groups is 2. The van der Waals surface area contributed by atoms with Crippen LogP contribution in [-0.4, -0.2) is 33.2 Å². The Labute approximate surface area is 220 Å². The Morgan fingerprint density at radius 3 is 2.78 bits per heavy atom. The Hall–Kier alpha value is -3.58. The zero-order valence-electron chi connectivity index (χ0n) is 21.0. The molecule has 2 aromatic heterocycles. The molecule has 0 unspecified atom stereocenters. The van der Waals surface area contributed by atoms with E-state index in [0.717, 1.165) is 22.4 Å². The summed E-state index contributed by atoms with van der Waals surface area (Å²) < 4.78 is 13.5. The number of halogens is 2. The minimum atomic E-state index is -0.661. The van der Waals surface area contributed by atoms with Crippen molar-refractivity contribution in [3.05, 3.63) is 93.7 Å². The van der Waals surface area contributed by atoms with E-state index in [1.807, 2.05) is 45.1 Å². The molecule has 5 rings (SSSR count). The number of nitrogens with zero attached hydrogens (tertiary/aromatic N) is 3. The van der Waals surface area contributed by atoms with Gasteiger partial charge in [0.15, 0.2) is 0 Å². The van der Waals surface area contributed by atoms with Crippen LogP contribution >= 0.6 is 11.6 Å². The zero-order chi connectivity index (χ0) is 26.4. The van der Waals surface area contributed by atoms with Gasteiger partial charge in [0.2, 0.25) is 11.8 Å². The van der Waals surface area contributed by atoms with Gasteiger partial charge in [-0.05, 0) is 47.4 Å². The lowest BCUT2D eigenvalue weighted by atomic mass is 9.80. The highest BCUT2D eigenvalue weighted by Gasteiger charge is 2.51. The molecule has 1 aliphatic carbocycles. The second-order valence-electron chi connectivity index (χ2n) is 10.7. The average Bonchev–Trinajstić information content (AvgIpc) is 3.36. The van der Waals surface area contributed by atoms with E-state index in [1.165, 1.54) is 12.1 Å². The molecule has 3 aromatic rings. The molecule has 8 heteroatoms. The van der Waals surface area contributed by atoms with Gasteiger partial charge in [-0.25, -0.2) is 9.37 Å². The van der Waals surface area contributed by atoms with Crippen molar-refractivity contribution in [2.24, 2.45) is 5.41 Å². The largest absolute Gasteiger partial charge is 0.334 e. The van der Waals surface area contributed by atoms with Crippen LogP contribution in [0.5, 0.6) is 0 Å². The third-order valence-electron chi connectivity index (χ3n) is 6.97. The number of rotatable bonds is 5. The van der Waals surface area contributed by atoms with Gasteiger partial charge in [-0.2, -0.15) is 0 Å². The molecule has 2 aliphatic rings. The Morgan fingerprint density at radius 2 is 2.03 bits per heavy atom. The standard InChI is InChI=1S/C29H28ClFN4O2/c1-28(2,3)27(37)35(17-19-8-9-21(31)13-23(19)30)11-5-6-18-12-20-14-29(15-24(20)33-16-18)22-7-4-10-32-25(22)34-26(29)36/h4-10,12-13,16H,11,14-15,17H2,1-3H3,(H,32,34,36)/b6-5+/t29-/m0/s1. The number of amides is 2. The van der Waals surface area contributed by atoms with Crippen molar-refractivity contribution >= 4 is 35.3 Å².